The van der Waals surface area contributed by atoms with Crippen LogP contribution in [-0.4, -0.2) is 54.1 Å². The predicted octanol–water partition coefficient (Wildman–Crippen LogP) is 17.6. The van der Waals surface area contributed by atoms with Gasteiger partial charge in [-0.25, -0.2) is 23.2 Å². The van der Waals surface area contributed by atoms with Crippen LogP contribution in [0.3, 0.4) is 0 Å². The van der Waals surface area contributed by atoms with Crippen molar-refractivity contribution in [2.75, 3.05) is 0 Å². The first-order chi connectivity index (χ1) is 32.4. The van der Waals surface area contributed by atoms with Crippen molar-refractivity contribution in [2.24, 2.45) is 5.41 Å². The summed E-state index contributed by atoms with van der Waals surface area (Å²) in [6, 6.07) is 6.75. The third kappa shape index (κ3) is 28.6. The minimum atomic E-state index is -2.72. The number of nitrogens with zero attached hydrogens (tertiary/aromatic N) is 1. The van der Waals surface area contributed by atoms with Gasteiger partial charge in [-0.3, -0.25) is 0 Å². The highest BCUT2D eigenvalue weighted by Gasteiger charge is 2.28. The Labute approximate surface area is 417 Å². The predicted molar refractivity (Wildman–Crippen MR) is 274 cm³/mol. The summed E-state index contributed by atoms with van der Waals surface area (Å²) in [5.74, 6) is -5.96. The van der Waals surface area contributed by atoms with Crippen LogP contribution in [0.1, 0.15) is 269 Å². The molecule has 0 spiro atoms. The highest BCUT2D eigenvalue weighted by atomic mass is 35.5. The van der Waals surface area contributed by atoms with E-state index in [0.717, 1.165) is 62.8 Å². The average Bonchev–Trinajstić information content (AvgIpc) is 4.00. The van der Waals surface area contributed by atoms with E-state index in [-0.39, 0.29) is 52.3 Å². The Bertz CT molecular complexity index is 1880. The Morgan fingerprint density at radius 2 is 0.868 bits per heavy atom. The van der Waals surface area contributed by atoms with Gasteiger partial charge in [-0.1, -0.05) is 205 Å². The number of aryl methyl sites for hydroxylation is 2. The number of rotatable bonds is 36. The van der Waals surface area contributed by atoms with Crippen molar-refractivity contribution in [3.63, 3.8) is 0 Å². The number of nitrogens with one attached hydrogen (secondary N) is 3. The maximum atomic E-state index is 13.8. The van der Waals surface area contributed by atoms with E-state index in [1.807, 2.05) is 6.07 Å². The standard InChI is InChI=1S/C19H32ClNO2.C18H28N2O2.C17H26ClF2NO2/c1-4-5-6-7-8-9-10-11-12-19(2,3)14-15-13-16(20)17(21-15)18(22)23;1-2-3-4-5-6-7-8-9-10-11-12-16-13-15(14-19)17(20-16)18(21)22;1-2-3-4-5-6-7-8-10-17(19,20)11-9-13-12-14(18)15(21-13)16(22)23/h13,21H,4-12,14H2,1-3H3,(H,22,23);13,20H,2-12H2,1H3,(H,21,22);12,21H,2-11H2,1H3,(H,22,23). The van der Waals surface area contributed by atoms with Crippen LogP contribution in [-0.2, 0) is 19.3 Å². The normalized spacial score (nSPS) is 11.4. The quantitative estimate of drug-likeness (QED) is 0.0313. The van der Waals surface area contributed by atoms with Gasteiger partial charge in [0, 0.05) is 29.9 Å². The van der Waals surface area contributed by atoms with E-state index in [9.17, 15) is 23.2 Å². The molecule has 0 aliphatic heterocycles. The van der Waals surface area contributed by atoms with Gasteiger partial charge in [0.2, 0.25) is 5.92 Å². The fraction of sp³-hybridized carbons (Fsp3) is 0.704. The Morgan fingerprint density at radius 3 is 1.26 bits per heavy atom. The fourth-order valence-electron chi connectivity index (χ4n) is 8.33. The van der Waals surface area contributed by atoms with Gasteiger partial charge in [-0.05, 0) is 62.1 Å². The van der Waals surface area contributed by atoms with Crippen LogP contribution in [0.4, 0.5) is 8.78 Å². The second kappa shape index (κ2) is 36.2. The number of carboxylic acid groups (broad SMARTS) is 3. The Kier molecular flexibility index (Phi) is 33.1. The van der Waals surface area contributed by atoms with Crippen LogP contribution in [0, 0.1) is 16.7 Å². The number of unbranched alkanes of at least 4 members (excludes halogenated alkanes) is 22. The lowest BCUT2D eigenvalue weighted by Gasteiger charge is -2.24. The summed E-state index contributed by atoms with van der Waals surface area (Å²) in [4.78, 5) is 41.2. The van der Waals surface area contributed by atoms with Gasteiger partial charge >= 0.3 is 17.9 Å². The fourth-order valence-corrected chi connectivity index (χ4v) is 8.85. The van der Waals surface area contributed by atoms with Crippen LogP contribution in [0.25, 0.3) is 0 Å². The summed E-state index contributed by atoms with van der Waals surface area (Å²) < 4.78 is 27.7. The molecule has 68 heavy (non-hydrogen) atoms. The summed E-state index contributed by atoms with van der Waals surface area (Å²) in [6.07, 6.45) is 33.1. The van der Waals surface area contributed by atoms with Gasteiger partial charge in [-0.15, -0.1) is 0 Å². The third-order valence-corrected chi connectivity index (χ3v) is 13.0. The molecule has 0 amide bonds. The summed E-state index contributed by atoms with van der Waals surface area (Å²) >= 11 is 11.7. The lowest BCUT2D eigenvalue weighted by molar-refractivity contribution is -0.0183. The van der Waals surface area contributed by atoms with Gasteiger partial charge in [0.05, 0.1) is 15.6 Å². The smallest absolute Gasteiger partial charge is 0.353 e. The molecule has 6 N–H and O–H groups in total. The molecule has 0 aliphatic carbocycles. The minimum absolute atomic E-state index is 0.0181. The Morgan fingerprint density at radius 1 is 0.515 bits per heavy atom. The van der Waals surface area contributed by atoms with E-state index in [4.69, 9.17) is 43.8 Å². The number of carbonyl (C=O) groups is 3. The number of aromatic amines is 3. The Balaban J connectivity index is 0.000000510. The van der Waals surface area contributed by atoms with Crippen molar-refractivity contribution in [3.05, 3.63) is 68.0 Å². The zero-order valence-corrected chi connectivity index (χ0v) is 43.7. The van der Waals surface area contributed by atoms with E-state index in [0.29, 0.717) is 17.1 Å². The zero-order chi connectivity index (χ0) is 50.8. The number of aromatic carboxylic acids is 3. The van der Waals surface area contributed by atoms with Crippen molar-refractivity contribution in [1.29, 1.82) is 5.26 Å². The van der Waals surface area contributed by atoms with Crippen LogP contribution >= 0.6 is 23.2 Å². The number of nitriles is 1. The molecular formula is C54H86Cl2F2N4O6. The topological polar surface area (TPSA) is 183 Å². The van der Waals surface area contributed by atoms with Crippen molar-refractivity contribution in [2.45, 2.75) is 240 Å². The van der Waals surface area contributed by atoms with E-state index in [1.54, 1.807) is 12.1 Å². The maximum Gasteiger partial charge on any atom is 0.353 e. The molecule has 0 aliphatic rings. The van der Waals surface area contributed by atoms with E-state index in [1.165, 1.54) is 128 Å². The molecule has 0 radical (unpaired) electrons. The first-order valence-electron chi connectivity index (χ1n) is 25.8. The van der Waals surface area contributed by atoms with E-state index in [2.05, 4.69) is 49.6 Å². The monoisotopic (exact) mass is 995 g/mol. The average molecular weight is 996 g/mol. The molecule has 0 atom stereocenters. The molecule has 0 unspecified atom stereocenters. The molecule has 386 valence electrons. The molecule has 0 fully saturated rings. The van der Waals surface area contributed by atoms with Crippen LogP contribution in [0.2, 0.25) is 10.0 Å². The number of carboxylic acids is 3. The Hall–Kier alpha value is -3.82. The van der Waals surface area contributed by atoms with E-state index < -0.39 is 23.8 Å². The number of H-pyrrole nitrogens is 3. The second-order valence-electron chi connectivity index (χ2n) is 19.4. The van der Waals surface area contributed by atoms with Crippen LogP contribution in [0.5, 0.6) is 0 Å². The van der Waals surface area contributed by atoms with E-state index >= 15 is 0 Å². The van der Waals surface area contributed by atoms with Crippen molar-refractivity contribution >= 4 is 41.1 Å². The first-order valence-corrected chi connectivity index (χ1v) is 26.6. The molecule has 14 heteroatoms. The minimum Gasteiger partial charge on any atom is -0.477 e. The lowest BCUT2D eigenvalue weighted by atomic mass is 9.82. The highest BCUT2D eigenvalue weighted by molar-refractivity contribution is 6.33. The van der Waals surface area contributed by atoms with Crippen LogP contribution < -0.4 is 0 Å². The SMILES string of the molecule is CCCCCCCCCC(F)(F)CCc1cc(Cl)c(C(=O)O)[nH]1.CCCCCCCCCCC(C)(C)Cc1cc(Cl)c(C(=O)O)[nH]1.CCCCCCCCCCCCc1cc(C#N)c(C(=O)O)[nH]1. The largest absolute Gasteiger partial charge is 0.477 e. The second-order valence-corrected chi connectivity index (χ2v) is 20.2. The van der Waals surface area contributed by atoms with Gasteiger partial charge in [0.1, 0.15) is 23.2 Å². The molecular weight excluding hydrogens is 910 g/mol. The number of alkyl halides is 2. The summed E-state index contributed by atoms with van der Waals surface area (Å²) in [6.45, 7) is 11.1. The molecule has 3 rings (SSSR count). The third-order valence-electron chi connectivity index (χ3n) is 12.4. The molecule has 10 nitrogen and oxygen atoms in total. The zero-order valence-electron chi connectivity index (χ0n) is 42.2. The number of hydrogen-bond acceptors (Lipinski definition) is 4. The van der Waals surface area contributed by atoms with Gasteiger partial charge < -0.3 is 30.3 Å². The molecule has 3 heterocycles. The highest BCUT2D eigenvalue weighted by Crippen LogP contribution is 2.31. The van der Waals surface area contributed by atoms with Crippen molar-refractivity contribution in [3.8, 4) is 6.07 Å². The summed E-state index contributed by atoms with van der Waals surface area (Å²) in [7, 11) is 0. The van der Waals surface area contributed by atoms with Gasteiger partial charge in [-0.2, -0.15) is 5.26 Å². The molecule has 0 bridgehead atoms. The van der Waals surface area contributed by atoms with Gasteiger partial charge in [0.15, 0.2) is 0 Å². The van der Waals surface area contributed by atoms with Crippen LogP contribution in [0.15, 0.2) is 18.2 Å². The van der Waals surface area contributed by atoms with Crippen molar-refractivity contribution in [1.82, 2.24) is 15.0 Å². The molecule has 3 aromatic rings. The molecule has 3 aromatic heterocycles. The number of hydrogen-bond donors (Lipinski definition) is 6. The van der Waals surface area contributed by atoms with Crippen molar-refractivity contribution < 1.29 is 38.5 Å². The first kappa shape index (κ1) is 62.2. The van der Waals surface area contributed by atoms with Gasteiger partial charge in [0.25, 0.3) is 0 Å². The number of aromatic nitrogens is 3. The summed E-state index contributed by atoms with van der Waals surface area (Å²) in [5, 5.41) is 36.1. The number of halogens is 4. The summed E-state index contributed by atoms with van der Waals surface area (Å²) in [5.41, 5.74) is 2.57. The molecule has 0 saturated carbocycles. The molecule has 0 saturated heterocycles. The molecule has 0 aromatic carbocycles. The maximum absolute atomic E-state index is 13.8. The lowest BCUT2D eigenvalue weighted by Crippen LogP contribution is -2.17.